The average Bonchev–Trinajstić information content (AvgIpc) is 2.85. The lowest BCUT2D eigenvalue weighted by Crippen LogP contribution is -2.21. The van der Waals surface area contributed by atoms with Crippen molar-refractivity contribution in [2.45, 2.75) is 72.1 Å². The van der Waals surface area contributed by atoms with Gasteiger partial charge in [-0.1, -0.05) is 53.7 Å². The molecular formula is C31H37N2O3. The van der Waals surface area contributed by atoms with Gasteiger partial charge in [0, 0.05) is 22.5 Å². The molecule has 189 valence electrons. The number of ether oxygens (including phenoxy) is 1. The molecule has 0 fully saturated rings. The summed E-state index contributed by atoms with van der Waals surface area (Å²) in [5.41, 5.74) is 10.1. The second-order valence-electron chi connectivity index (χ2n) is 10.5. The molecule has 0 atom stereocenters. The molecule has 0 saturated carbocycles. The zero-order chi connectivity index (χ0) is 26.7. The molecule has 3 rings (SSSR count). The number of nitrogens with two attached hydrogens (primary N) is 1. The van der Waals surface area contributed by atoms with Crippen molar-refractivity contribution in [3.05, 3.63) is 82.9 Å². The number of hydrogen-bond donors (Lipinski definition) is 2. The van der Waals surface area contributed by atoms with Crippen LogP contribution in [0.5, 0.6) is 11.5 Å². The Morgan fingerprint density at radius 1 is 0.917 bits per heavy atom. The summed E-state index contributed by atoms with van der Waals surface area (Å²) in [6.45, 7) is 14.7. The minimum atomic E-state index is -0.360. The number of Topliss-reactive ketones (excluding diaryl/α,β-unsaturated/α-hetero) is 1. The van der Waals surface area contributed by atoms with Crippen LogP contribution >= 0.6 is 0 Å². The van der Waals surface area contributed by atoms with Crippen molar-refractivity contribution in [3.63, 3.8) is 0 Å². The zero-order valence-corrected chi connectivity index (χ0v) is 22.4. The summed E-state index contributed by atoms with van der Waals surface area (Å²) in [5, 5.41) is 2.85. The monoisotopic (exact) mass is 485 g/mol. The molecule has 0 aromatic heterocycles. The first kappa shape index (κ1) is 27.0. The molecule has 0 aliphatic heterocycles. The van der Waals surface area contributed by atoms with Gasteiger partial charge in [-0.05, 0) is 84.7 Å². The minimum Gasteiger partial charge on any atom is -0.456 e. The zero-order valence-electron chi connectivity index (χ0n) is 22.4. The molecule has 0 spiro atoms. The Bertz CT molecular complexity index is 1260. The van der Waals surface area contributed by atoms with Crippen LogP contribution < -0.4 is 15.8 Å². The van der Waals surface area contributed by atoms with Crippen molar-refractivity contribution >= 4 is 23.1 Å². The maximum Gasteiger partial charge on any atom is 0.259 e. The highest BCUT2D eigenvalue weighted by Crippen LogP contribution is 2.41. The molecular weight excluding hydrogens is 448 g/mol. The molecule has 0 aliphatic carbocycles. The van der Waals surface area contributed by atoms with Gasteiger partial charge in [-0.2, -0.15) is 0 Å². The van der Waals surface area contributed by atoms with Crippen molar-refractivity contribution in [2.75, 3.05) is 11.1 Å². The van der Waals surface area contributed by atoms with Gasteiger partial charge in [0.1, 0.15) is 11.5 Å². The molecule has 0 saturated heterocycles. The van der Waals surface area contributed by atoms with Crippen molar-refractivity contribution in [2.24, 2.45) is 0 Å². The second-order valence-corrected chi connectivity index (χ2v) is 10.5. The van der Waals surface area contributed by atoms with Gasteiger partial charge >= 0.3 is 0 Å². The van der Waals surface area contributed by atoms with E-state index in [1.165, 1.54) is 12.5 Å². The van der Waals surface area contributed by atoms with Gasteiger partial charge in [-0.15, -0.1) is 0 Å². The van der Waals surface area contributed by atoms with Crippen molar-refractivity contribution < 1.29 is 14.3 Å². The second kappa shape index (κ2) is 10.6. The van der Waals surface area contributed by atoms with Crippen LogP contribution in [0.3, 0.4) is 0 Å². The van der Waals surface area contributed by atoms with E-state index in [0.29, 0.717) is 28.3 Å². The van der Waals surface area contributed by atoms with E-state index < -0.39 is 0 Å². The third kappa shape index (κ3) is 5.96. The lowest BCUT2D eigenvalue weighted by atomic mass is 9.76. The number of ketones is 1. The van der Waals surface area contributed by atoms with E-state index in [-0.39, 0.29) is 22.5 Å². The van der Waals surface area contributed by atoms with Gasteiger partial charge in [0.25, 0.3) is 5.91 Å². The molecule has 0 aliphatic rings. The Morgan fingerprint density at radius 3 is 2.17 bits per heavy atom. The number of carbonyl (C=O) groups is 2. The van der Waals surface area contributed by atoms with E-state index in [1.54, 1.807) is 36.4 Å². The van der Waals surface area contributed by atoms with E-state index in [9.17, 15) is 9.59 Å². The van der Waals surface area contributed by atoms with Gasteiger partial charge in [0.05, 0.1) is 5.56 Å². The summed E-state index contributed by atoms with van der Waals surface area (Å²) in [6.07, 6.45) is 1.95. The first-order valence-corrected chi connectivity index (χ1v) is 12.4. The molecule has 36 heavy (non-hydrogen) atoms. The van der Waals surface area contributed by atoms with Crippen LogP contribution in [-0.2, 0) is 10.8 Å². The predicted octanol–water partition coefficient (Wildman–Crippen LogP) is 7.69. The lowest BCUT2D eigenvalue weighted by molar-refractivity contribution is 0.101. The van der Waals surface area contributed by atoms with E-state index in [1.807, 2.05) is 6.07 Å². The smallest absolute Gasteiger partial charge is 0.259 e. The van der Waals surface area contributed by atoms with Crippen LogP contribution in [-0.4, -0.2) is 11.7 Å². The molecule has 0 unspecified atom stereocenters. The molecule has 0 heterocycles. The fourth-order valence-electron chi connectivity index (χ4n) is 3.82. The molecule has 3 N–H and O–H groups in total. The van der Waals surface area contributed by atoms with Crippen LogP contribution in [0.1, 0.15) is 93.2 Å². The van der Waals surface area contributed by atoms with Gasteiger partial charge in [-0.3, -0.25) is 9.59 Å². The SMILES string of the molecule is CCC(C)(C)c1ccc(Oc2ccc(N)cc2C(=O)Nc2c[c]c(C(C)=O)cc2)c(C(C)(C)CC)c1. The number of anilines is 2. The number of benzene rings is 3. The Morgan fingerprint density at radius 2 is 1.58 bits per heavy atom. The number of hydrogen-bond acceptors (Lipinski definition) is 4. The summed E-state index contributed by atoms with van der Waals surface area (Å²) in [4.78, 5) is 24.8. The topological polar surface area (TPSA) is 81.4 Å². The van der Waals surface area contributed by atoms with Crippen LogP contribution in [0.25, 0.3) is 0 Å². The maximum atomic E-state index is 13.2. The maximum absolute atomic E-state index is 13.2. The quantitative estimate of drug-likeness (QED) is 0.240. The number of nitrogen functional groups attached to an aromatic ring is 1. The standard InChI is InChI=1S/C31H37N2O3/c1-8-30(4,5)22-12-16-28(26(18-22)31(6,7)9-2)36-27-17-13-23(32)19-25(27)29(35)33-24-14-10-21(11-15-24)20(3)34/h10,12-19H,8-9,32H2,1-7H3,(H,33,35). The molecule has 0 bridgehead atoms. The highest BCUT2D eigenvalue weighted by molar-refractivity contribution is 6.07. The summed E-state index contributed by atoms with van der Waals surface area (Å²) < 4.78 is 6.43. The van der Waals surface area contributed by atoms with Gasteiger partial charge in [0.15, 0.2) is 5.78 Å². The Balaban J connectivity index is 1.99. The molecule has 3 aromatic rings. The van der Waals surface area contributed by atoms with Gasteiger partial charge in [0.2, 0.25) is 0 Å². The van der Waals surface area contributed by atoms with E-state index in [0.717, 1.165) is 24.2 Å². The van der Waals surface area contributed by atoms with Crippen LogP contribution in [0, 0.1) is 6.07 Å². The number of rotatable bonds is 9. The largest absolute Gasteiger partial charge is 0.456 e. The van der Waals surface area contributed by atoms with Crippen LogP contribution in [0.4, 0.5) is 11.4 Å². The number of carbonyl (C=O) groups excluding carboxylic acids is 2. The Labute approximate surface area is 215 Å². The highest BCUT2D eigenvalue weighted by atomic mass is 16.5. The van der Waals surface area contributed by atoms with Gasteiger partial charge in [-0.25, -0.2) is 0 Å². The van der Waals surface area contributed by atoms with Crippen LogP contribution in [0.2, 0.25) is 0 Å². The summed E-state index contributed by atoms with van der Waals surface area (Å²) in [5.74, 6) is 0.692. The fourth-order valence-corrected chi connectivity index (χ4v) is 3.82. The van der Waals surface area contributed by atoms with Crippen molar-refractivity contribution in [1.29, 1.82) is 0 Å². The van der Waals surface area contributed by atoms with Crippen molar-refractivity contribution in [1.82, 2.24) is 0 Å². The molecule has 5 heteroatoms. The predicted molar refractivity (Wildman–Crippen MR) is 147 cm³/mol. The normalized spacial score (nSPS) is 11.8. The summed E-state index contributed by atoms with van der Waals surface area (Å²) in [7, 11) is 0. The third-order valence-corrected chi connectivity index (χ3v) is 7.18. The lowest BCUT2D eigenvalue weighted by Gasteiger charge is -2.30. The first-order chi connectivity index (χ1) is 16.9. The number of amides is 1. The van der Waals surface area contributed by atoms with E-state index >= 15 is 0 Å². The molecule has 1 amide bonds. The fraction of sp³-hybridized carbons (Fsp3) is 0.355. The number of nitrogens with one attached hydrogen (secondary N) is 1. The molecule has 3 aromatic carbocycles. The highest BCUT2D eigenvalue weighted by Gasteiger charge is 2.27. The Kier molecular flexibility index (Phi) is 7.92. The third-order valence-electron chi connectivity index (χ3n) is 7.18. The first-order valence-electron chi connectivity index (χ1n) is 12.4. The average molecular weight is 486 g/mol. The summed E-state index contributed by atoms with van der Waals surface area (Å²) in [6, 6.07) is 19.2. The summed E-state index contributed by atoms with van der Waals surface area (Å²) >= 11 is 0. The van der Waals surface area contributed by atoms with E-state index in [2.05, 4.69) is 65.1 Å². The van der Waals surface area contributed by atoms with Crippen LogP contribution in [0.15, 0.2) is 54.6 Å². The molecule has 5 nitrogen and oxygen atoms in total. The van der Waals surface area contributed by atoms with E-state index in [4.69, 9.17) is 10.5 Å². The Hall–Kier alpha value is -3.60. The van der Waals surface area contributed by atoms with Gasteiger partial charge < -0.3 is 15.8 Å². The van der Waals surface area contributed by atoms with Crippen molar-refractivity contribution in [3.8, 4) is 11.5 Å². The molecule has 1 radical (unpaired) electrons. The minimum absolute atomic E-state index is 0.0400.